The van der Waals surface area contributed by atoms with E-state index in [4.69, 9.17) is 9.26 Å². The second-order valence-corrected chi connectivity index (χ2v) is 14.1. The lowest BCUT2D eigenvalue weighted by Crippen LogP contribution is -2.48. The molecule has 0 N–H and O–H groups in total. The number of hydrogen-bond acceptors (Lipinski definition) is 7. The summed E-state index contributed by atoms with van der Waals surface area (Å²) in [7, 11) is -3.62. The number of carboxylic acid groups (broad SMARTS) is 1. The first-order valence-electron chi connectivity index (χ1n) is 14.6. The molecule has 0 spiro atoms. The molecule has 0 radical (unpaired) electrons. The molecule has 1 aliphatic heterocycles. The Hall–Kier alpha value is -2.18. The van der Waals surface area contributed by atoms with Gasteiger partial charge in [-0.3, -0.25) is 18.7 Å². The molecule has 1 amide bonds. The van der Waals surface area contributed by atoms with Crippen molar-refractivity contribution in [3.05, 3.63) is 35.9 Å². The average molecular weight is 563 g/mol. The number of carboxylic acids is 1. The van der Waals surface area contributed by atoms with Gasteiger partial charge in [-0.05, 0) is 43.1 Å². The highest BCUT2D eigenvalue weighted by Crippen LogP contribution is 2.51. The molecular formula is C30H45NO7P-. The Morgan fingerprint density at radius 2 is 1.74 bits per heavy atom. The second kappa shape index (κ2) is 15.0. The Morgan fingerprint density at radius 1 is 1.05 bits per heavy atom. The van der Waals surface area contributed by atoms with Crippen LogP contribution in [0.15, 0.2) is 30.3 Å². The number of rotatable bonds is 14. The Kier molecular flexibility index (Phi) is 12.1. The van der Waals surface area contributed by atoms with Crippen molar-refractivity contribution >= 4 is 25.2 Å². The van der Waals surface area contributed by atoms with Crippen molar-refractivity contribution in [1.29, 1.82) is 0 Å². The molecule has 0 aromatic heterocycles. The Morgan fingerprint density at radius 3 is 2.36 bits per heavy atom. The maximum absolute atomic E-state index is 14.2. The van der Waals surface area contributed by atoms with Gasteiger partial charge in [0.2, 0.25) is 19.6 Å². The zero-order chi connectivity index (χ0) is 28.4. The summed E-state index contributed by atoms with van der Waals surface area (Å²) in [5.74, 6) is -1.99. The van der Waals surface area contributed by atoms with Gasteiger partial charge < -0.3 is 19.5 Å². The van der Waals surface area contributed by atoms with Crippen LogP contribution in [0.3, 0.4) is 0 Å². The van der Waals surface area contributed by atoms with E-state index in [-0.39, 0.29) is 24.4 Å². The van der Waals surface area contributed by atoms with Crippen LogP contribution < -0.4 is 5.11 Å². The van der Waals surface area contributed by atoms with E-state index in [2.05, 4.69) is 0 Å². The van der Waals surface area contributed by atoms with Crippen molar-refractivity contribution in [2.45, 2.75) is 97.3 Å². The zero-order valence-corrected chi connectivity index (χ0v) is 24.6. The largest absolute Gasteiger partial charge is 0.548 e. The second-order valence-electron chi connectivity index (χ2n) is 11.5. The molecule has 1 saturated carbocycles. The minimum absolute atomic E-state index is 0.109. The SMILES string of the molecule is CCC(=O)O[C@@H](O[P@](=O)(CCCCc1ccccc1)CC(=O)N1C[C@H](C2CCCCC2)C[C@H]1C(=O)[O-])C(C)C. The molecule has 0 unspecified atom stereocenters. The molecule has 2 aliphatic rings. The minimum Gasteiger partial charge on any atom is -0.548 e. The molecule has 8 nitrogen and oxygen atoms in total. The van der Waals surface area contributed by atoms with E-state index in [9.17, 15) is 24.1 Å². The van der Waals surface area contributed by atoms with Crippen LogP contribution in [0, 0.1) is 17.8 Å². The summed E-state index contributed by atoms with van der Waals surface area (Å²) in [4.78, 5) is 39.0. The summed E-state index contributed by atoms with van der Waals surface area (Å²) in [6.45, 7) is 5.62. The predicted molar refractivity (Wildman–Crippen MR) is 148 cm³/mol. The Bertz CT molecular complexity index is 992. The fourth-order valence-corrected chi connectivity index (χ4v) is 8.09. The standard InChI is InChI=1S/C30H46NO7P/c1-4-28(33)37-30(22(2)3)38-39(36,18-12-11-15-23-13-7-5-8-14-23)21-27(32)31-20-25(19-26(31)29(34)35)24-16-9-6-10-17-24/h5,7-8,13-14,22,24-26,30H,4,6,9-12,15-21H2,1-3H3,(H,34,35)/p-1/t25-,26+,30+,39-/m1/s1. The Balaban J connectivity index is 1.73. The molecule has 9 heteroatoms. The molecular weight excluding hydrogens is 517 g/mol. The normalized spacial score (nSPS) is 22.4. The lowest BCUT2D eigenvalue weighted by molar-refractivity contribution is -0.310. The number of likely N-dealkylation sites (tertiary alicyclic amines) is 1. The van der Waals surface area contributed by atoms with Crippen molar-refractivity contribution in [3.8, 4) is 0 Å². The van der Waals surface area contributed by atoms with Crippen LogP contribution >= 0.6 is 7.37 Å². The maximum Gasteiger partial charge on any atom is 0.307 e. The molecule has 1 saturated heterocycles. The number of carbonyl (C=O) groups excluding carboxylic acids is 3. The number of amides is 1. The van der Waals surface area contributed by atoms with Crippen LogP contribution in [0.1, 0.15) is 84.1 Å². The van der Waals surface area contributed by atoms with Gasteiger partial charge in [-0.25, -0.2) is 0 Å². The number of carbonyl (C=O) groups is 3. The lowest BCUT2D eigenvalue weighted by Gasteiger charge is -2.30. The van der Waals surface area contributed by atoms with Crippen LogP contribution in [0.2, 0.25) is 0 Å². The van der Waals surface area contributed by atoms with Crippen LogP contribution in [0.25, 0.3) is 0 Å². The molecule has 218 valence electrons. The summed E-state index contributed by atoms with van der Waals surface area (Å²) in [6.07, 6.45) is 6.88. The summed E-state index contributed by atoms with van der Waals surface area (Å²) in [5, 5.41) is 12.0. The first kappa shape index (κ1) is 31.3. The first-order chi connectivity index (χ1) is 18.6. The third kappa shape index (κ3) is 9.46. The van der Waals surface area contributed by atoms with Crippen molar-refractivity contribution in [3.63, 3.8) is 0 Å². The van der Waals surface area contributed by atoms with E-state index in [1.807, 2.05) is 30.3 Å². The number of aryl methyl sites for hydroxylation is 1. The van der Waals surface area contributed by atoms with Gasteiger partial charge in [0.15, 0.2) is 0 Å². The van der Waals surface area contributed by atoms with Gasteiger partial charge in [0, 0.05) is 25.0 Å². The quantitative estimate of drug-likeness (QED) is 0.139. The van der Waals surface area contributed by atoms with Crippen LogP contribution in [-0.4, -0.2) is 53.9 Å². The lowest BCUT2D eigenvalue weighted by atomic mass is 9.79. The molecule has 1 aromatic carbocycles. The van der Waals surface area contributed by atoms with Crippen LogP contribution in [0.5, 0.6) is 0 Å². The van der Waals surface area contributed by atoms with Gasteiger partial charge in [-0.1, -0.05) is 83.2 Å². The number of nitrogens with zero attached hydrogens (tertiary/aromatic N) is 1. The van der Waals surface area contributed by atoms with Crippen molar-refractivity contribution in [2.75, 3.05) is 18.9 Å². The summed E-state index contributed by atoms with van der Waals surface area (Å²) in [6, 6.07) is 8.96. The molecule has 3 rings (SSSR count). The minimum atomic E-state index is -3.62. The van der Waals surface area contributed by atoms with Crippen molar-refractivity contribution in [2.24, 2.45) is 17.8 Å². The zero-order valence-electron chi connectivity index (χ0n) is 23.7. The topological polar surface area (TPSA) is 113 Å². The van der Waals surface area contributed by atoms with Crippen LogP contribution in [0.4, 0.5) is 0 Å². The Labute approximate surface area is 233 Å². The molecule has 39 heavy (non-hydrogen) atoms. The highest BCUT2D eigenvalue weighted by molar-refractivity contribution is 7.59. The number of aliphatic carboxylic acids is 1. The highest BCUT2D eigenvalue weighted by Gasteiger charge is 2.42. The number of unbranched alkanes of at least 4 members (excludes halogenated alkanes) is 1. The van der Waals surface area contributed by atoms with Gasteiger partial charge in [0.25, 0.3) is 0 Å². The summed E-state index contributed by atoms with van der Waals surface area (Å²) >= 11 is 0. The first-order valence-corrected chi connectivity index (χ1v) is 16.6. The predicted octanol–water partition coefficient (Wildman–Crippen LogP) is 4.79. The number of benzene rings is 1. The van der Waals surface area contributed by atoms with Gasteiger partial charge in [-0.2, -0.15) is 0 Å². The maximum atomic E-state index is 14.2. The van der Waals surface area contributed by atoms with Gasteiger partial charge in [0.1, 0.15) is 6.16 Å². The van der Waals surface area contributed by atoms with E-state index in [1.54, 1.807) is 20.8 Å². The van der Waals surface area contributed by atoms with Gasteiger partial charge in [0.05, 0.1) is 12.0 Å². The van der Waals surface area contributed by atoms with E-state index in [1.165, 1.54) is 16.9 Å². The average Bonchev–Trinajstić information content (AvgIpc) is 3.38. The third-order valence-corrected chi connectivity index (χ3v) is 10.4. The van der Waals surface area contributed by atoms with E-state index in [0.29, 0.717) is 25.3 Å². The number of ether oxygens (including phenoxy) is 1. The monoisotopic (exact) mass is 562 g/mol. The van der Waals surface area contributed by atoms with E-state index < -0.39 is 43.7 Å². The molecule has 1 aromatic rings. The number of esters is 1. The highest BCUT2D eigenvalue weighted by atomic mass is 31.2. The molecule has 0 bridgehead atoms. The fourth-order valence-electron chi connectivity index (χ4n) is 5.79. The fraction of sp³-hybridized carbons (Fsp3) is 0.700. The molecule has 1 aliphatic carbocycles. The third-order valence-electron chi connectivity index (χ3n) is 8.05. The number of hydrogen-bond donors (Lipinski definition) is 0. The van der Waals surface area contributed by atoms with E-state index in [0.717, 1.165) is 38.5 Å². The summed E-state index contributed by atoms with van der Waals surface area (Å²) < 4.78 is 25.6. The van der Waals surface area contributed by atoms with E-state index >= 15 is 0 Å². The van der Waals surface area contributed by atoms with Crippen LogP contribution in [-0.2, 0) is 34.6 Å². The molecule has 1 heterocycles. The summed E-state index contributed by atoms with van der Waals surface area (Å²) in [5.41, 5.74) is 1.17. The molecule has 4 atom stereocenters. The van der Waals surface area contributed by atoms with Crippen molar-refractivity contribution < 1.29 is 33.3 Å². The van der Waals surface area contributed by atoms with Gasteiger partial charge in [-0.15, -0.1) is 0 Å². The molecule has 2 fully saturated rings. The van der Waals surface area contributed by atoms with Crippen molar-refractivity contribution in [1.82, 2.24) is 4.90 Å². The van der Waals surface area contributed by atoms with Gasteiger partial charge >= 0.3 is 5.97 Å². The smallest absolute Gasteiger partial charge is 0.307 e.